The number of hydrogen-bond donors (Lipinski definition) is 2. The van der Waals surface area contributed by atoms with Gasteiger partial charge in [0.05, 0.1) is 36.8 Å². The number of carbonyl (C=O) groups is 3. The van der Waals surface area contributed by atoms with Crippen molar-refractivity contribution < 1.29 is 33.9 Å². The fraction of sp³-hybridized carbons (Fsp3) is 0.903. The van der Waals surface area contributed by atoms with Crippen LogP contribution >= 0.6 is 0 Å². The Kier molecular flexibility index (Phi) is 8.29. The smallest absolute Gasteiger partial charge is 0.249 e. The van der Waals surface area contributed by atoms with Crippen LogP contribution in [0.3, 0.4) is 0 Å². The lowest BCUT2D eigenvalue weighted by atomic mass is 9.64. The molecule has 9 nitrogen and oxygen atoms in total. The van der Waals surface area contributed by atoms with E-state index in [1.54, 1.807) is 21.1 Å². The maximum Gasteiger partial charge on any atom is 0.249 e. The highest BCUT2D eigenvalue weighted by atomic mass is 16.5. The van der Waals surface area contributed by atoms with Gasteiger partial charge in [0, 0.05) is 44.6 Å². The Morgan fingerprint density at radius 3 is 2.42 bits per heavy atom. The van der Waals surface area contributed by atoms with Crippen molar-refractivity contribution in [2.24, 2.45) is 29.6 Å². The quantitative estimate of drug-likeness (QED) is 0.488. The van der Waals surface area contributed by atoms with Gasteiger partial charge in [0.2, 0.25) is 11.8 Å². The third-order valence-electron chi connectivity index (χ3n) is 11.8. The van der Waals surface area contributed by atoms with Crippen LogP contribution in [0.2, 0.25) is 0 Å². The SMILES string of the molecule is COC1CCC2C3[NH2+]CCC4C5CC(O[C@@H](C)C(=O)NC6CCC(C(C)=O)CC6)CCC5N(C(=O)C2C1OC)C43. The highest BCUT2D eigenvalue weighted by Gasteiger charge is 2.66. The van der Waals surface area contributed by atoms with Crippen molar-refractivity contribution >= 4 is 17.6 Å². The summed E-state index contributed by atoms with van der Waals surface area (Å²) in [4.78, 5) is 41.2. The maximum atomic E-state index is 14.2. The molecule has 3 heterocycles. The first-order valence-corrected chi connectivity index (χ1v) is 16.0. The molecule has 6 aliphatic rings. The average molecular weight is 561 g/mol. The number of methoxy groups -OCH3 is 2. The molecule has 3 aliphatic carbocycles. The fourth-order valence-corrected chi connectivity index (χ4v) is 9.94. The van der Waals surface area contributed by atoms with Gasteiger partial charge in [-0.3, -0.25) is 14.4 Å². The van der Waals surface area contributed by atoms with Crippen LogP contribution in [0.1, 0.15) is 78.1 Å². The van der Waals surface area contributed by atoms with Gasteiger partial charge in [-0.2, -0.15) is 0 Å². The van der Waals surface area contributed by atoms with E-state index >= 15 is 0 Å². The highest BCUT2D eigenvalue weighted by Crippen LogP contribution is 2.53. The van der Waals surface area contributed by atoms with Crippen LogP contribution in [0.25, 0.3) is 0 Å². The van der Waals surface area contributed by atoms with Crippen LogP contribution in [0.4, 0.5) is 0 Å². The molecule has 0 aromatic heterocycles. The minimum Gasteiger partial charge on any atom is -0.379 e. The summed E-state index contributed by atoms with van der Waals surface area (Å²) < 4.78 is 18.2. The van der Waals surface area contributed by atoms with E-state index in [4.69, 9.17) is 14.2 Å². The van der Waals surface area contributed by atoms with Gasteiger partial charge in [0.1, 0.15) is 17.9 Å². The molecule has 9 heteroatoms. The summed E-state index contributed by atoms with van der Waals surface area (Å²) in [5, 5.41) is 5.71. The van der Waals surface area contributed by atoms with Crippen molar-refractivity contribution in [2.75, 3.05) is 20.8 Å². The molecule has 3 N–H and O–H groups in total. The van der Waals surface area contributed by atoms with E-state index in [2.05, 4.69) is 15.5 Å². The molecule has 10 unspecified atom stereocenters. The molecule has 6 rings (SSSR count). The van der Waals surface area contributed by atoms with Crippen molar-refractivity contribution in [3.8, 4) is 0 Å². The van der Waals surface area contributed by atoms with E-state index in [1.165, 1.54) is 0 Å². The van der Waals surface area contributed by atoms with E-state index in [0.29, 0.717) is 35.7 Å². The number of piperidine rings is 2. The highest BCUT2D eigenvalue weighted by molar-refractivity contribution is 5.83. The monoisotopic (exact) mass is 560 g/mol. The van der Waals surface area contributed by atoms with E-state index in [1.807, 2.05) is 6.92 Å². The van der Waals surface area contributed by atoms with Crippen LogP contribution in [0.15, 0.2) is 0 Å². The van der Waals surface area contributed by atoms with Gasteiger partial charge in [0.15, 0.2) is 0 Å². The standard InChI is InChI=1S/C31H49N3O6/c1-16(35)18-5-7-19(8-6-18)33-30(36)17(2)40-20-9-11-24-23(15-20)21-13-14-32-27-22-10-12-25(38-3)29(39-4)26(22)31(37)34(24)28(21)27/h17-29,32H,5-15H2,1-4H3,(H,33,36)/p+1/t17-,18?,19?,20?,21?,22?,23?,24?,25?,26?,27?,28?,29?/m0/s1. The van der Waals surface area contributed by atoms with Crippen molar-refractivity contribution in [3.63, 3.8) is 0 Å². The Bertz CT molecular complexity index is 969. The molecular weight excluding hydrogens is 510 g/mol. The molecule has 0 spiro atoms. The first-order chi connectivity index (χ1) is 19.3. The average Bonchev–Trinajstić information content (AvgIpc) is 3.30. The van der Waals surface area contributed by atoms with Crippen LogP contribution in [0, 0.1) is 29.6 Å². The molecule has 3 saturated heterocycles. The molecule has 0 radical (unpaired) electrons. The van der Waals surface area contributed by atoms with Crippen LogP contribution < -0.4 is 10.6 Å². The Morgan fingerprint density at radius 2 is 1.73 bits per heavy atom. The van der Waals surface area contributed by atoms with E-state index in [9.17, 15) is 14.4 Å². The summed E-state index contributed by atoms with van der Waals surface area (Å²) >= 11 is 0. The Morgan fingerprint density at radius 1 is 0.950 bits per heavy atom. The van der Waals surface area contributed by atoms with Crippen LogP contribution in [-0.2, 0) is 28.6 Å². The molecule has 0 aromatic rings. The second-order valence-electron chi connectivity index (χ2n) is 13.6. The number of rotatable bonds is 7. The van der Waals surface area contributed by atoms with E-state index in [-0.39, 0.29) is 53.9 Å². The summed E-state index contributed by atoms with van der Waals surface area (Å²) in [7, 11) is 3.47. The molecule has 2 amide bonds. The molecule has 224 valence electrons. The number of nitrogens with one attached hydrogen (secondary N) is 1. The number of nitrogens with zero attached hydrogens (tertiary/aromatic N) is 1. The molecule has 11 atom stereocenters. The second kappa shape index (κ2) is 11.6. The number of hydrogen-bond acceptors (Lipinski definition) is 6. The molecule has 0 bridgehead atoms. The zero-order valence-corrected chi connectivity index (χ0v) is 24.8. The molecule has 0 aromatic carbocycles. The zero-order chi connectivity index (χ0) is 28.1. The molecule has 6 fully saturated rings. The van der Waals surface area contributed by atoms with Crippen molar-refractivity contribution in [2.45, 2.75) is 127 Å². The lowest BCUT2D eigenvalue weighted by Gasteiger charge is -2.53. The number of ether oxygens (including phenoxy) is 3. The minimum absolute atomic E-state index is 0.0227. The summed E-state index contributed by atoms with van der Waals surface area (Å²) in [6.07, 6.45) is 8.63. The van der Waals surface area contributed by atoms with Gasteiger partial charge in [-0.1, -0.05) is 0 Å². The summed E-state index contributed by atoms with van der Waals surface area (Å²) in [5.74, 6) is 1.83. The van der Waals surface area contributed by atoms with E-state index < -0.39 is 6.10 Å². The van der Waals surface area contributed by atoms with E-state index in [0.717, 1.165) is 70.8 Å². The topological polar surface area (TPSA) is 111 Å². The molecule has 3 saturated carbocycles. The number of nitrogens with two attached hydrogens (primary N) is 1. The van der Waals surface area contributed by atoms with Crippen molar-refractivity contribution in [3.05, 3.63) is 0 Å². The maximum absolute atomic E-state index is 14.2. The molecular formula is C31H50N3O6+. The normalized spacial score (nSPS) is 45.2. The lowest BCUT2D eigenvalue weighted by Crippen LogP contribution is -2.99. The van der Waals surface area contributed by atoms with Gasteiger partial charge in [-0.15, -0.1) is 0 Å². The molecule has 3 aliphatic heterocycles. The van der Waals surface area contributed by atoms with Crippen LogP contribution in [-0.4, -0.2) is 91.8 Å². The van der Waals surface area contributed by atoms with Crippen molar-refractivity contribution in [1.29, 1.82) is 0 Å². The zero-order valence-electron chi connectivity index (χ0n) is 24.8. The Labute approximate surface area is 238 Å². The first-order valence-electron chi connectivity index (χ1n) is 16.0. The first kappa shape index (κ1) is 28.6. The van der Waals surface area contributed by atoms with Gasteiger partial charge < -0.3 is 29.7 Å². The lowest BCUT2D eigenvalue weighted by molar-refractivity contribution is -0.713. The predicted molar refractivity (Wildman–Crippen MR) is 147 cm³/mol. The van der Waals surface area contributed by atoms with Gasteiger partial charge in [-0.05, 0) is 83.5 Å². The fourth-order valence-electron chi connectivity index (χ4n) is 9.94. The summed E-state index contributed by atoms with van der Waals surface area (Å²) in [6.45, 7) is 4.66. The number of carbonyl (C=O) groups excluding carboxylic acids is 3. The predicted octanol–water partition coefficient (Wildman–Crippen LogP) is 1.43. The molecule has 40 heavy (non-hydrogen) atoms. The van der Waals surface area contributed by atoms with Gasteiger partial charge in [-0.25, -0.2) is 0 Å². The third-order valence-corrected chi connectivity index (χ3v) is 11.8. The summed E-state index contributed by atoms with van der Waals surface area (Å²) in [6, 6.07) is 1.14. The number of fused-ring (bicyclic) bond motifs is 5. The Hall–Kier alpha value is -1.55. The number of ketones is 1. The van der Waals surface area contributed by atoms with Crippen molar-refractivity contribution in [1.82, 2.24) is 10.2 Å². The Balaban J connectivity index is 1.10. The largest absolute Gasteiger partial charge is 0.379 e. The van der Waals surface area contributed by atoms with Crippen LogP contribution in [0.5, 0.6) is 0 Å². The number of amides is 2. The minimum atomic E-state index is -0.499. The number of Topliss-reactive ketones (excluding diaryl/α,β-unsaturated/α-hetero) is 1. The van der Waals surface area contributed by atoms with Gasteiger partial charge >= 0.3 is 0 Å². The second-order valence-corrected chi connectivity index (χ2v) is 13.6. The number of quaternary nitrogens is 1. The summed E-state index contributed by atoms with van der Waals surface area (Å²) in [5.41, 5.74) is 0. The third kappa shape index (κ3) is 4.92. The van der Waals surface area contributed by atoms with Gasteiger partial charge in [0.25, 0.3) is 0 Å².